The predicted molar refractivity (Wildman–Crippen MR) is 58.7 cm³/mol. The molecular formula is C12H17ClO. The Hall–Kier alpha value is -0.430. The van der Waals surface area contributed by atoms with Crippen molar-refractivity contribution in [1.29, 1.82) is 0 Å². The molecule has 0 unspecified atom stereocenters. The molecule has 1 nitrogen and oxygen atoms in total. The van der Waals surface area contributed by atoms with Gasteiger partial charge < -0.3 is 4.42 Å². The van der Waals surface area contributed by atoms with E-state index in [1.165, 1.54) is 37.7 Å². The minimum Gasteiger partial charge on any atom is -0.472 e. The van der Waals surface area contributed by atoms with Crippen molar-refractivity contribution >= 4 is 11.6 Å². The molecule has 78 valence electrons. The van der Waals surface area contributed by atoms with Crippen molar-refractivity contribution in [2.45, 2.75) is 38.5 Å². The lowest BCUT2D eigenvalue weighted by molar-refractivity contribution is 0.219. The van der Waals surface area contributed by atoms with Gasteiger partial charge in [0.1, 0.15) is 0 Å². The molecule has 0 atom stereocenters. The molecule has 0 spiro atoms. The second kappa shape index (κ2) is 4.39. The quantitative estimate of drug-likeness (QED) is 0.690. The normalized spacial score (nSPS) is 20.9. The fraction of sp³-hybridized carbons (Fsp3) is 0.667. The van der Waals surface area contributed by atoms with Gasteiger partial charge in [0.2, 0.25) is 0 Å². The summed E-state index contributed by atoms with van der Waals surface area (Å²) in [5.41, 5.74) is 1.65. The number of alkyl halides is 1. The molecule has 1 aliphatic carbocycles. The summed E-state index contributed by atoms with van der Waals surface area (Å²) in [6.45, 7) is 0. The molecule has 0 N–H and O–H groups in total. The topological polar surface area (TPSA) is 13.1 Å². The van der Waals surface area contributed by atoms with Crippen LogP contribution in [0.3, 0.4) is 0 Å². The van der Waals surface area contributed by atoms with Crippen molar-refractivity contribution in [2.24, 2.45) is 5.41 Å². The van der Waals surface area contributed by atoms with Crippen LogP contribution in [-0.2, 0) is 6.42 Å². The molecule has 0 saturated heterocycles. The van der Waals surface area contributed by atoms with Gasteiger partial charge in [0.25, 0.3) is 0 Å². The highest BCUT2D eigenvalue weighted by molar-refractivity contribution is 6.18. The van der Waals surface area contributed by atoms with Gasteiger partial charge in [0, 0.05) is 5.88 Å². The van der Waals surface area contributed by atoms with Crippen LogP contribution in [0.5, 0.6) is 0 Å². The van der Waals surface area contributed by atoms with Crippen LogP contribution in [0, 0.1) is 5.41 Å². The van der Waals surface area contributed by atoms with Gasteiger partial charge in [-0.05, 0) is 36.3 Å². The molecule has 0 amide bonds. The molecule has 1 saturated carbocycles. The average molecular weight is 213 g/mol. The van der Waals surface area contributed by atoms with Crippen molar-refractivity contribution < 1.29 is 4.42 Å². The maximum atomic E-state index is 6.12. The van der Waals surface area contributed by atoms with Crippen molar-refractivity contribution in [3.8, 4) is 0 Å². The third-order valence-corrected chi connectivity index (χ3v) is 3.92. The predicted octanol–water partition coefficient (Wildman–Crippen LogP) is 4.01. The van der Waals surface area contributed by atoms with Crippen LogP contribution in [0.4, 0.5) is 0 Å². The van der Waals surface area contributed by atoms with Crippen LogP contribution < -0.4 is 0 Å². The minimum absolute atomic E-state index is 0.351. The van der Waals surface area contributed by atoms with E-state index in [2.05, 4.69) is 6.07 Å². The summed E-state index contributed by atoms with van der Waals surface area (Å²) in [5, 5.41) is 0. The lowest BCUT2D eigenvalue weighted by atomic mass is 9.72. The standard InChI is InChI=1S/C12H17ClO/c13-10-12(5-2-1-3-6-12)8-11-4-7-14-9-11/h4,7,9H,1-3,5-6,8,10H2. The van der Waals surface area contributed by atoms with Crippen LogP contribution in [0.25, 0.3) is 0 Å². The molecule has 1 fully saturated rings. The Kier molecular flexibility index (Phi) is 3.17. The van der Waals surface area contributed by atoms with E-state index in [0.29, 0.717) is 5.41 Å². The van der Waals surface area contributed by atoms with Crippen LogP contribution >= 0.6 is 11.6 Å². The van der Waals surface area contributed by atoms with E-state index in [1.807, 2.05) is 6.26 Å². The second-order valence-corrected chi connectivity index (χ2v) is 4.77. The molecule has 1 aliphatic rings. The lowest BCUT2D eigenvalue weighted by Gasteiger charge is -2.35. The first-order chi connectivity index (χ1) is 6.85. The van der Waals surface area contributed by atoms with E-state index in [-0.39, 0.29) is 0 Å². The molecule has 0 radical (unpaired) electrons. The third kappa shape index (κ3) is 2.14. The van der Waals surface area contributed by atoms with Crippen molar-refractivity contribution in [3.63, 3.8) is 0 Å². The molecule has 2 rings (SSSR count). The van der Waals surface area contributed by atoms with Crippen molar-refractivity contribution in [3.05, 3.63) is 24.2 Å². The number of hydrogen-bond donors (Lipinski definition) is 0. The zero-order valence-electron chi connectivity index (χ0n) is 8.47. The van der Waals surface area contributed by atoms with E-state index in [1.54, 1.807) is 6.26 Å². The number of halogens is 1. The Morgan fingerprint density at radius 3 is 2.64 bits per heavy atom. The highest BCUT2D eigenvalue weighted by Gasteiger charge is 2.31. The van der Waals surface area contributed by atoms with Gasteiger partial charge in [0.05, 0.1) is 12.5 Å². The monoisotopic (exact) mass is 212 g/mol. The largest absolute Gasteiger partial charge is 0.472 e. The molecule has 0 bridgehead atoms. The van der Waals surface area contributed by atoms with Crippen LogP contribution in [0.1, 0.15) is 37.7 Å². The highest BCUT2D eigenvalue weighted by atomic mass is 35.5. The molecule has 14 heavy (non-hydrogen) atoms. The minimum atomic E-state index is 0.351. The van der Waals surface area contributed by atoms with Gasteiger partial charge in [-0.3, -0.25) is 0 Å². The first-order valence-corrected chi connectivity index (χ1v) is 5.95. The maximum absolute atomic E-state index is 6.12. The van der Waals surface area contributed by atoms with Crippen molar-refractivity contribution in [2.75, 3.05) is 5.88 Å². The SMILES string of the molecule is ClCC1(Cc2ccoc2)CCCCC1. The number of rotatable bonds is 3. The van der Waals surface area contributed by atoms with Crippen molar-refractivity contribution in [1.82, 2.24) is 0 Å². The molecule has 1 heterocycles. The van der Waals surface area contributed by atoms with Gasteiger partial charge in [-0.15, -0.1) is 11.6 Å². The maximum Gasteiger partial charge on any atom is 0.0934 e. The zero-order valence-corrected chi connectivity index (χ0v) is 9.22. The van der Waals surface area contributed by atoms with E-state index in [0.717, 1.165) is 12.3 Å². The zero-order chi connectivity index (χ0) is 9.86. The molecule has 2 heteroatoms. The lowest BCUT2D eigenvalue weighted by Crippen LogP contribution is -2.28. The Balaban J connectivity index is 2.04. The van der Waals surface area contributed by atoms with Gasteiger partial charge in [-0.25, -0.2) is 0 Å². The van der Waals surface area contributed by atoms with Crippen LogP contribution in [-0.4, -0.2) is 5.88 Å². The van der Waals surface area contributed by atoms with Gasteiger partial charge in [0.15, 0.2) is 0 Å². The van der Waals surface area contributed by atoms with E-state index in [4.69, 9.17) is 16.0 Å². The first kappa shape index (κ1) is 10.1. The van der Waals surface area contributed by atoms with Gasteiger partial charge in [-0.1, -0.05) is 19.3 Å². The fourth-order valence-electron chi connectivity index (χ4n) is 2.49. The van der Waals surface area contributed by atoms with E-state index >= 15 is 0 Å². The fourth-order valence-corrected chi connectivity index (χ4v) is 2.85. The van der Waals surface area contributed by atoms with Crippen LogP contribution in [0.15, 0.2) is 23.0 Å². The van der Waals surface area contributed by atoms with E-state index in [9.17, 15) is 0 Å². The average Bonchev–Trinajstić information content (AvgIpc) is 2.72. The second-order valence-electron chi connectivity index (χ2n) is 4.50. The number of hydrogen-bond acceptors (Lipinski definition) is 1. The number of furan rings is 1. The molecule has 0 aromatic carbocycles. The summed E-state index contributed by atoms with van der Waals surface area (Å²) in [4.78, 5) is 0. The summed E-state index contributed by atoms with van der Waals surface area (Å²) in [6.07, 6.45) is 11.3. The third-order valence-electron chi connectivity index (χ3n) is 3.36. The summed E-state index contributed by atoms with van der Waals surface area (Å²) in [5.74, 6) is 0.790. The van der Waals surface area contributed by atoms with Gasteiger partial charge >= 0.3 is 0 Å². The Labute approximate surface area is 90.4 Å². The summed E-state index contributed by atoms with van der Waals surface area (Å²) in [7, 11) is 0. The summed E-state index contributed by atoms with van der Waals surface area (Å²) < 4.78 is 5.10. The highest BCUT2D eigenvalue weighted by Crippen LogP contribution is 2.40. The Bertz CT molecular complexity index is 260. The molecule has 1 aromatic rings. The Morgan fingerprint density at radius 1 is 1.29 bits per heavy atom. The molecular weight excluding hydrogens is 196 g/mol. The van der Waals surface area contributed by atoms with E-state index < -0.39 is 0 Å². The molecule has 0 aliphatic heterocycles. The van der Waals surface area contributed by atoms with Crippen LogP contribution in [0.2, 0.25) is 0 Å². The summed E-state index contributed by atoms with van der Waals surface area (Å²) >= 11 is 6.12. The molecule has 1 aromatic heterocycles. The van der Waals surface area contributed by atoms with Gasteiger partial charge in [-0.2, -0.15) is 0 Å². The first-order valence-electron chi connectivity index (χ1n) is 5.42. The smallest absolute Gasteiger partial charge is 0.0934 e. The summed E-state index contributed by atoms with van der Waals surface area (Å²) in [6, 6.07) is 2.06. The Morgan fingerprint density at radius 2 is 2.07 bits per heavy atom.